The van der Waals surface area contributed by atoms with Crippen LogP contribution in [0.3, 0.4) is 0 Å². The van der Waals surface area contributed by atoms with E-state index in [1.807, 2.05) is 48.5 Å². The van der Waals surface area contributed by atoms with Gasteiger partial charge in [0.05, 0.1) is 25.3 Å². The molecule has 0 amide bonds. The van der Waals surface area contributed by atoms with E-state index in [0.29, 0.717) is 37.1 Å². The molecule has 216 valence electrons. The van der Waals surface area contributed by atoms with E-state index in [1.165, 1.54) is 0 Å². The van der Waals surface area contributed by atoms with Gasteiger partial charge in [-0.25, -0.2) is 0 Å². The average molecular weight is 709 g/mol. The van der Waals surface area contributed by atoms with Crippen LogP contribution in [0.1, 0.15) is 52.7 Å². The number of ether oxygens (including phenoxy) is 2. The first-order valence-electron chi connectivity index (χ1n) is 11.8. The third-order valence-electron chi connectivity index (χ3n) is 4.77. The van der Waals surface area contributed by atoms with Crippen molar-refractivity contribution in [3.63, 3.8) is 0 Å². The van der Waals surface area contributed by atoms with Gasteiger partial charge in [-0.05, 0) is 11.8 Å². The van der Waals surface area contributed by atoms with Gasteiger partial charge in [0, 0.05) is 54.7 Å². The van der Waals surface area contributed by atoms with Crippen LogP contribution in [-0.2, 0) is 59.9 Å². The van der Waals surface area contributed by atoms with Gasteiger partial charge in [-0.2, -0.15) is 0 Å². The Labute approximate surface area is 253 Å². The van der Waals surface area contributed by atoms with E-state index in [0.717, 1.165) is 36.8 Å². The molecule has 0 fully saturated rings. The predicted octanol–water partition coefficient (Wildman–Crippen LogP) is 4.75. The van der Waals surface area contributed by atoms with Crippen molar-refractivity contribution >= 4 is 23.7 Å². The van der Waals surface area contributed by atoms with Gasteiger partial charge in [0.2, 0.25) is 0 Å². The van der Waals surface area contributed by atoms with Crippen molar-refractivity contribution in [3.05, 3.63) is 71.8 Å². The molecule has 0 aliphatic carbocycles. The van der Waals surface area contributed by atoms with E-state index < -0.39 is 11.9 Å². The van der Waals surface area contributed by atoms with E-state index >= 15 is 0 Å². The largest absolute Gasteiger partial charge is 0.518 e. The minimum absolute atomic E-state index is 0. The van der Waals surface area contributed by atoms with Crippen molar-refractivity contribution in [2.24, 2.45) is 21.8 Å². The fourth-order valence-corrected chi connectivity index (χ4v) is 2.81. The number of carboxylic acid groups (broad SMARTS) is 2. The van der Waals surface area contributed by atoms with Gasteiger partial charge >= 0.3 is 0 Å². The van der Waals surface area contributed by atoms with Crippen molar-refractivity contribution in [3.8, 4) is 0 Å². The summed E-state index contributed by atoms with van der Waals surface area (Å²) in [4.78, 5) is 27.0. The normalized spacial score (nSPS) is 16.6. The first kappa shape index (κ1) is 37.8. The van der Waals surface area contributed by atoms with Gasteiger partial charge in [0.1, 0.15) is 11.8 Å². The summed E-state index contributed by atoms with van der Waals surface area (Å²) in [6.45, 7) is 12.2. The molecule has 2 aromatic rings. The Morgan fingerprint density at radius 1 is 0.763 bits per heavy atom. The Morgan fingerprint density at radius 2 is 1.08 bits per heavy atom. The van der Waals surface area contributed by atoms with Crippen LogP contribution >= 0.6 is 0 Å². The molecule has 0 saturated carbocycles. The summed E-state index contributed by atoms with van der Waals surface area (Å²) < 4.78 is 11.1. The van der Waals surface area contributed by atoms with Gasteiger partial charge < -0.3 is 19.7 Å². The fraction of sp³-hybridized carbons (Fsp3) is 0.429. The Kier molecular flexibility index (Phi) is 20.5. The Balaban J connectivity index is 0. The first-order chi connectivity index (χ1) is 17.0. The molecule has 0 unspecified atom stereocenters. The quantitative estimate of drug-likeness (QED) is 0.350. The number of aliphatic carboxylic acids is 2. The van der Waals surface area contributed by atoms with E-state index in [2.05, 4.69) is 49.8 Å². The van der Waals surface area contributed by atoms with Gasteiger partial charge in [-0.3, -0.25) is 19.6 Å². The maximum absolute atomic E-state index is 9.00. The molecule has 0 saturated heterocycles. The van der Waals surface area contributed by atoms with Crippen molar-refractivity contribution in [1.82, 2.24) is 0 Å². The van der Waals surface area contributed by atoms with E-state index in [-0.39, 0.29) is 40.8 Å². The van der Waals surface area contributed by atoms with Crippen LogP contribution in [-0.4, -0.2) is 59.2 Å². The monoisotopic (exact) mass is 708 g/mol. The number of hydrogen-bond donors (Lipinski definition) is 2. The average Bonchev–Trinajstić information content (AvgIpc) is 3.51. The molecule has 0 bridgehead atoms. The maximum Gasteiger partial charge on any atom is 0.300 e. The number of nitrogens with zero attached hydrogens (tertiary/aromatic N) is 2. The van der Waals surface area contributed by atoms with Gasteiger partial charge in [-0.15, -0.1) is 60.7 Å². The van der Waals surface area contributed by atoms with Crippen molar-refractivity contribution < 1.29 is 70.1 Å². The second-order valence-corrected chi connectivity index (χ2v) is 8.70. The molecule has 0 aromatic heterocycles. The summed E-state index contributed by atoms with van der Waals surface area (Å²) in [7, 11) is 0. The van der Waals surface area contributed by atoms with Gasteiger partial charge in [0.15, 0.2) is 0 Å². The van der Waals surface area contributed by atoms with Crippen LogP contribution in [0.15, 0.2) is 58.5 Å². The number of hydrogen-bond acceptors (Lipinski definition) is 6. The minimum atomic E-state index is -0.833. The van der Waals surface area contributed by atoms with Crippen LogP contribution in [0.25, 0.3) is 0 Å². The fourth-order valence-electron chi connectivity index (χ4n) is 2.81. The summed E-state index contributed by atoms with van der Waals surface area (Å²) in [5.74, 6) is 0.890. The summed E-state index contributed by atoms with van der Waals surface area (Å²) in [6.07, 6.45) is 0. The molecule has 10 heteroatoms. The standard InChI is InChI=1S/2C12H14NO.2C2H4O2.2Pd/c2*1-9(2)11-8-14-12(13-11)10-6-4-3-5-7-10;2*1-2(3)4;;/h2*3-6,9,11H,8H2,1-2H3;2*1H3,(H,3,4);;/q2*-1;;;;/t2*11-;;;;/m11..../s1. The third-order valence-corrected chi connectivity index (χ3v) is 4.77. The summed E-state index contributed by atoms with van der Waals surface area (Å²) >= 11 is 0. The van der Waals surface area contributed by atoms with Gasteiger partial charge in [-0.1, -0.05) is 38.8 Å². The number of aliphatic imine (C=N–C) groups is 2. The molecule has 38 heavy (non-hydrogen) atoms. The number of benzene rings is 2. The van der Waals surface area contributed by atoms with Crippen LogP contribution in [0.4, 0.5) is 0 Å². The van der Waals surface area contributed by atoms with Crippen LogP contribution in [0, 0.1) is 24.0 Å². The van der Waals surface area contributed by atoms with E-state index in [4.69, 9.17) is 29.3 Å². The van der Waals surface area contributed by atoms with Crippen molar-refractivity contribution in [2.75, 3.05) is 13.2 Å². The predicted molar refractivity (Wildman–Crippen MR) is 139 cm³/mol. The molecule has 2 aliphatic heterocycles. The molecule has 2 N–H and O–H groups in total. The summed E-state index contributed by atoms with van der Waals surface area (Å²) in [5.41, 5.74) is 1.91. The Morgan fingerprint density at radius 3 is 1.29 bits per heavy atom. The molecule has 8 nitrogen and oxygen atoms in total. The molecule has 4 rings (SSSR count). The smallest absolute Gasteiger partial charge is 0.300 e. The van der Waals surface area contributed by atoms with Crippen LogP contribution in [0.2, 0.25) is 0 Å². The van der Waals surface area contributed by atoms with Crippen LogP contribution < -0.4 is 0 Å². The molecule has 2 heterocycles. The molecule has 2 aromatic carbocycles. The minimum Gasteiger partial charge on any atom is -0.518 e. The Hall–Kier alpha value is -2.36. The van der Waals surface area contributed by atoms with Crippen LogP contribution in [0.5, 0.6) is 0 Å². The maximum atomic E-state index is 9.00. The zero-order chi connectivity index (χ0) is 27.1. The van der Waals surface area contributed by atoms with E-state index in [1.54, 1.807) is 0 Å². The zero-order valence-electron chi connectivity index (χ0n) is 22.4. The molecule has 0 radical (unpaired) electrons. The summed E-state index contributed by atoms with van der Waals surface area (Å²) in [6, 6.07) is 22.4. The third kappa shape index (κ3) is 15.8. The van der Waals surface area contributed by atoms with Crippen molar-refractivity contribution in [1.29, 1.82) is 0 Å². The van der Waals surface area contributed by atoms with Gasteiger partial charge in [0.25, 0.3) is 11.9 Å². The summed E-state index contributed by atoms with van der Waals surface area (Å²) in [5, 5.41) is 14.8. The molecule has 2 aliphatic rings. The Bertz CT molecular complexity index is 909. The molecular weight excluding hydrogens is 673 g/mol. The number of carboxylic acids is 2. The molecule has 2 atom stereocenters. The second kappa shape index (κ2) is 20.6. The van der Waals surface area contributed by atoms with E-state index in [9.17, 15) is 0 Å². The number of rotatable bonds is 4. The zero-order valence-corrected chi connectivity index (χ0v) is 25.5. The first-order valence-corrected chi connectivity index (χ1v) is 11.8. The molecular formula is C28H36N2O6Pd2-2. The molecule has 0 spiro atoms. The van der Waals surface area contributed by atoms with Crippen molar-refractivity contribution in [2.45, 2.75) is 53.6 Å². The number of carbonyl (C=O) groups is 2. The topological polar surface area (TPSA) is 118 Å². The SMILES string of the molecule is CC(=O)O.CC(=O)O.CC(C)[C@H]1COC(c2[c-]cccc2)=N1.CC(C)[C@H]1COC(c2[c-]cccc2)=N1.[Pd].[Pd]. The second-order valence-electron chi connectivity index (χ2n) is 8.70.